The first-order valence-electron chi connectivity index (χ1n) is 6.35. The summed E-state index contributed by atoms with van der Waals surface area (Å²) >= 11 is 2.35. The van der Waals surface area contributed by atoms with Crippen LogP contribution in [0.3, 0.4) is 0 Å². The lowest BCUT2D eigenvalue weighted by Gasteiger charge is -2.23. The van der Waals surface area contributed by atoms with E-state index in [4.69, 9.17) is 9.47 Å². The summed E-state index contributed by atoms with van der Waals surface area (Å²) < 4.78 is 12.2. The molecule has 0 radical (unpaired) electrons. The van der Waals surface area contributed by atoms with E-state index in [1.807, 2.05) is 37.4 Å². The lowest BCUT2D eigenvalue weighted by molar-refractivity contribution is 0.378. The van der Waals surface area contributed by atoms with Crippen LogP contribution in [-0.4, -0.2) is 21.3 Å². The number of hydrogen-bond donors (Lipinski definition) is 1. The minimum absolute atomic E-state index is 0.0224. The molecular weight excluding hydrogens is 365 g/mol. The van der Waals surface area contributed by atoms with Crippen molar-refractivity contribution in [3.63, 3.8) is 0 Å². The van der Waals surface area contributed by atoms with Crippen molar-refractivity contribution in [3.05, 3.63) is 57.2 Å². The van der Waals surface area contributed by atoms with Gasteiger partial charge in [0.1, 0.15) is 11.5 Å². The standard InChI is InChI=1S/C16H18INO2/c1-18-16(11-7-4-5-8-12(11)17)15-13(19-2)9-6-10-14(15)20-3/h4-10,16,18H,1-3H3. The second-order valence-corrected chi connectivity index (χ2v) is 5.48. The molecule has 4 heteroatoms. The smallest absolute Gasteiger partial charge is 0.127 e. The average molecular weight is 383 g/mol. The molecule has 0 fully saturated rings. The lowest BCUT2D eigenvalue weighted by atomic mass is 9.97. The average Bonchev–Trinajstić information content (AvgIpc) is 2.49. The van der Waals surface area contributed by atoms with Gasteiger partial charge in [-0.2, -0.15) is 0 Å². The first kappa shape index (κ1) is 15.1. The van der Waals surface area contributed by atoms with Gasteiger partial charge in [0.2, 0.25) is 0 Å². The summed E-state index contributed by atoms with van der Waals surface area (Å²) in [5.41, 5.74) is 2.22. The SMILES string of the molecule is CNC(c1ccccc1I)c1c(OC)cccc1OC. The van der Waals surface area contributed by atoms with Crippen molar-refractivity contribution in [1.29, 1.82) is 0 Å². The summed E-state index contributed by atoms with van der Waals surface area (Å²) in [4.78, 5) is 0. The number of rotatable bonds is 5. The summed E-state index contributed by atoms with van der Waals surface area (Å²) in [5.74, 6) is 1.65. The van der Waals surface area contributed by atoms with Crippen LogP contribution in [0.2, 0.25) is 0 Å². The van der Waals surface area contributed by atoms with Crippen LogP contribution in [0, 0.1) is 3.57 Å². The fraction of sp³-hybridized carbons (Fsp3) is 0.250. The molecule has 0 heterocycles. The predicted molar refractivity (Wildman–Crippen MR) is 89.6 cm³/mol. The second kappa shape index (κ2) is 6.95. The normalized spacial score (nSPS) is 12.0. The van der Waals surface area contributed by atoms with Crippen LogP contribution in [0.25, 0.3) is 0 Å². The molecule has 0 aliphatic rings. The maximum atomic E-state index is 5.51. The van der Waals surface area contributed by atoms with Gasteiger partial charge in [-0.3, -0.25) is 0 Å². The van der Waals surface area contributed by atoms with Crippen molar-refractivity contribution in [2.45, 2.75) is 6.04 Å². The molecule has 0 bridgehead atoms. The molecule has 2 aromatic rings. The number of ether oxygens (including phenoxy) is 2. The van der Waals surface area contributed by atoms with E-state index in [0.29, 0.717) is 0 Å². The summed E-state index contributed by atoms with van der Waals surface area (Å²) in [6.07, 6.45) is 0. The third-order valence-corrected chi connectivity index (χ3v) is 4.24. The van der Waals surface area contributed by atoms with E-state index in [-0.39, 0.29) is 6.04 Å². The summed E-state index contributed by atoms with van der Waals surface area (Å²) in [6, 6.07) is 14.2. The van der Waals surface area contributed by atoms with Crippen LogP contribution in [0.15, 0.2) is 42.5 Å². The van der Waals surface area contributed by atoms with Crippen LogP contribution in [0.1, 0.15) is 17.2 Å². The third kappa shape index (κ3) is 2.91. The molecule has 3 nitrogen and oxygen atoms in total. The van der Waals surface area contributed by atoms with Crippen LogP contribution < -0.4 is 14.8 Å². The first-order valence-corrected chi connectivity index (χ1v) is 7.43. The molecule has 1 unspecified atom stereocenters. The van der Waals surface area contributed by atoms with Crippen molar-refractivity contribution in [1.82, 2.24) is 5.32 Å². The summed E-state index contributed by atoms with van der Waals surface area (Å²) in [7, 11) is 5.31. The summed E-state index contributed by atoms with van der Waals surface area (Å²) in [6.45, 7) is 0. The predicted octanol–water partition coefficient (Wildman–Crippen LogP) is 3.62. The van der Waals surface area contributed by atoms with Gasteiger partial charge in [0, 0.05) is 3.57 Å². The molecule has 0 spiro atoms. The van der Waals surface area contributed by atoms with E-state index in [9.17, 15) is 0 Å². The third-order valence-electron chi connectivity index (χ3n) is 3.26. The van der Waals surface area contributed by atoms with Crippen molar-refractivity contribution in [3.8, 4) is 11.5 Å². The number of methoxy groups -OCH3 is 2. The fourth-order valence-corrected chi connectivity index (χ4v) is 3.03. The molecule has 1 N–H and O–H groups in total. The van der Waals surface area contributed by atoms with Crippen LogP contribution in [0.5, 0.6) is 11.5 Å². The van der Waals surface area contributed by atoms with Crippen LogP contribution in [0.4, 0.5) is 0 Å². The van der Waals surface area contributed by atoms with Gasteiger partial charge in [0.25, 0.3) is 0 Å². The molecule has 106 valence electrons. The number of nitrogens with one attached hydrogen (secondary N) is 1. The van der Waals surface area contributed by atoms with Gasteiger partial charge in [0.15, 0.2) is 0 Å². The maximum absolute atomic E-state index is 5.51. The Balaban J connectivity index is 2.60. The highest BCUT2D eigenvalue weighted by Crippen LogP contribution is 2.38. The monoisotopic (exact) mass is 383 g/mol. The zero-order valence-corrected chi connectivity index (χ0v) is 14.0. The van der Waals surface area contributed by atoms with Gasteiger partial charge in [-0.25, -0.2) is 0 Å². The van der Waals surface area contributed by atoms with E-state index in [2.05, 4.69) is 40.0 Å². The highest BCUT2D eigenvalue weighted by molar-refractivity contribution is 14.1. The molecule has 1 atom stereocenters. The molecule has 2 aromatic carbocycles. The molecule has 20 heavy (non-hydrogen) atoms. The van der Waals surface area contributed by atoms with Crippen molar-refractivity contribution >= 4 is 22.6 Å². The molecule has 0 aliphatic carbocycles. The Bertz CT molecular complexity index is 564. The van der Waals surface area contributed by atoms with Crippen LogP contribution >= 0.6 is 22.6 Å². The highest BCUT2D eigenvalue weighted by atomic mass is 127. The van der Waals surface area contributed by atoms with E-state index >= 15 is 0 Å². The number of hydrogen-bond acceptors (Lipinski definition) is 3. The fourth-order valence-electron chi connectivity index (χ4n) is 2.33. The Kier molecular flexibility index (Phi) is 5.25. The maximum Gasteiger partial charge on any atom is 0.127 e. The zero-order chi connectivity index (χ0) is 14.5. The van der Waals surface area contributed by atoms with E-state index in [1.165, 1.54) is 9.13 Å². The minimum Gasteiger partial charge on any atom is -0.496 e. The lowest BCUT2D eigenvalue weighted by Crippen LogP contribution is -2.20. The Hall–Kier alpha value is -1.27. The van der Waals surface area contributed by atoms with Gasteiger partial charge in [-0.15, -0.1) is 0 Å². The van der Waals surface area contributed by atoms with Crippen molar-refractivity contribution in [2.24, 2.45) is 0 Å². The Labute approximate surface area is 133 Å². The molecule has 0 saturated heterocycles. The van der Waals surface area contributed by atoms with Crippen molar-refractivity contribution < 1.29 is 9.47 Å². The minimum atomic E-state index is 0.0224. The second-order valence-electron chi connectivity index (χ2n) is 4.32. The number of benzene rings is 2. The van der Waals surface area contributed by atoms with Gasteiger partial charge >= 0.3 is 0 Å². The Morgan fingerprint density at radius 3 is 2.05 bits per heavy atom. The summed E-state index contributed by atoms with van der Waals surface area (Å²) in [5, 5.41) is 3.36. The molecule has 0 aromatic heterocycles. The zero-order valence-electron chi connectivity index (χ0n) is 11.8. The Morgan fingerprint density at radius 1 is 0.950 bits per heavy atom. The number of halogens is 1. The van der Waals surface area contributed by atoms with E-state index in [1.54, 1.807) is 14.2 Å². The highest BCUT2D eigenvalue weighted by Gasteiger charge is 2.22. The van der Waals surface area contributed by atoms with E-state index in [0.717, 1.165) is 17.1 Å². The molecular formula is C16H18INO2. The molecule has 0 aliphatic heterocycles. The van der Waals surface area contributed by atoms with Gasteiger partial charge in [0.05, 0.1) is 25.8 Å². The topological polar surface area (TPSA) is 30.5 Å². The van der Waals surface area contributed by atoms with Crippen LogP contribution in [-0.2, 0) is 0 Å². The first-order chi connectivity index (χ1) is 9.72. The molecule has 0 amide bonds. The van der Waals surface area contributed by atoms with Gasteiger partial charge in [-0.05, 0) is 53.4 Å². The Morgan fingerprint density at radius 2 is 1.55 bits per heavy atom. The van der Waals surface area contributed by atoms with Gasteiger partial charge < -0.3 is 14.8 Å². The van der Waals surface area contributed by atoms with Crippen molar-refractivity contribution in [2.75, 3.05) is 21.3 Å². The van der Waals surface area contributed by atoms with E-state index < -0.39 is 0 Å². The quantitative estimate of drug-likeness (QED) is 0.801. The van der Waals surface area contributed by atoms with Gasteiger partial charge in [-0.1, -0.05) is 24.3 Å². The molecule has 2 rings (SSSR count). The largest absolute Gasteiger partial charge is 0.496 e. The molecule has 0 saturated carbocycles.